The van der Waals surface area contributed by atoms with Gasteiger partial charge in [0.15, 0.2) is 0 Å². The lowest BCUT2D eigenvalue weighted by Crippen LogP contribution is -2.51. The van der Waals surface area contributed by atoms with Crippen LogP contribution in [0.15, 0.2) is 17.5 Å². The first-order valence-corrected chi connectivity index (χ1v) is 8.00. The third-order valence-corrected chi connectivity index (χ3v) is 4.32. The Morgan fingerprint density at radius 3 is 2.55 bits per heavy atom. The molecule has 1 fully saturated rings. The molecule has 0 aromatic carbocycles. The third-order valence-electron chi connectivity index (χ3n) is 3.44. The molecule has 1 aromatic rings. The van der Waals surface area contributed by atoms with Gasteiger partial charge in [-0.1, -0.05) is 6.07 Å². The van der Waals surface area contributed by atoms with Crippen LogP contribution in [0.25, 0.3) is 0 Å². The standard InChI is InChI=1S/C14H20N4O3S/c1-11(19)18-6-4-17(5-7-18)10-13(20)16-14(21)15-9-12-3-2-8-22-12/h2-3,8H,4-7,9-10H2,1H3,(H2,15,16,20,21). The van der Waals surface area contributed by atoms with E-state index in [1.807, 2.05) is 22.4 Å². The quantitative estimate of drug-likeness (QED) is 0.831. The Hall–Kier alpha value is -1.93. The monoisotopic (exact) mass is 324 g/mol. The Morgan fingerprint density at radius 2 is 1.95 bits per heavy atom. The van der Waals surface area contributed by atoms with Crippen molar-refractivity contribution < 1.29 is 14.4 Å². The number of nitrogens with one attached hydrogen (secondary N) is 2. The lowest BCUT2D eigenvalue weighted by Gasteiger charge is -2.33. The van der Waals surface area contributed by atoms with Gasteiger partial charge in [-0.15, -0.1) is 11.3 Å². The van der Waals surface area contributed by atoms with Gasteiger partial charge >= 0.3 is 6.03 Å². The number of hydrogen-bond acceptors (Lipinski definition) is 5. The van der Waals surface area contributed by atoms with Crippen LogP contribution in [0.2, 0.25) is 0 Å². The zero-order valence-corrected chi connectivity index (χ0v) is 13.3. The molecule has 1 aliphatic rings. The second kappa shape index (κ2) is 7.90. The Labute approximate surface area is 133 Å². The fourth-order valence-electron chi connectivity index (χ4n) is 2.21. The highest BCUT2D eigenvalue weighted by Gasteiger charge is 2.20. The Bertz CT molecular complexity index is 524. The van der Waals surface area contributed by atoms with Crippen LogP contribution in [0.4, 0.5) is 4.79 Å². The maximum atomic E-state index is 11.8. The Balaban J connectivity index is 1.65. The first kappa shape index (κ1) is 16.4. The molecule has 1 aliphatic heterocycles. The molecule has 0 saturated carbocycles. The van der Waals surface area contributed by atoms with E-state index in [0.29, 0.717) is 32.7 Å². The van der Waals surface area contributed by atoms with Crippen LogP contribution in [0.3, 0.4) is 0 Å². The maximum absolute atomic E-state index is 11.8. The van der Waals surface area contributed by atoms with Crippen molar-refractivity contribution in [3.05, 3.63) is 22.4 Å². The second-order valence-corrected chi connectivity index (χ2v) is 6.12. The van der Waals surface area contributed by atoms with Crippen molar-refractivity contribution in [3.63, 3.8) is 0 Å². The van der Waals surface area contributed by atoms with E-state index >= 15 is 0 Å². The number of hydrogen-bond donors (Lipinski definition) is 2. The predicted molar refractivity (Wildman–Crippen MR) is 83.4 cm³/mol. The number of imide groups is 1. The zero-order chi connectivity index (χ0) is 15.9. The summed E-state index contributed by atoms with van der Waals surface area (Å²) in [5, 5.41) is 6.89. The minimum atomic E-state index is -0.485. The van der Waals surface area contributed by atoms with Crippen molar-refractivity contribution >= 4 is 29.2 Å². The van der Waals surface area contributed by atoms with Crippen molar-refractivity contribution in [2.24, 2.45) is 0 Å². The van der Waals surface area contributed by atoms with E-state index in [9.17, 15) is 14.4 Å². The minimum absolute atomic E-state index is 0.0528. The molecule has 8 heteroatoms. The number of nitrogens with zero attached hydrogens (tertiary/aromatic N) is 2. The van der Waals surface area contributed by atoms with Crippen LogP contribution in [0.1, 0.15) is 11.8 Å². The normalized spacial score (nSPS) is 15.4. The van der Waals surface area contributed by atoms with E-state index in [4.69, 9.17) is 0 Å². The lowest BCUT2D eigenvalue weighted by atomic mass is 10.3. The van der Waals surface area contributed by atoms with Gasteiger partial charge in [0.1, 0.15) is 0 Å². The molecular weight excluding hydrogens is 304 g/mol. The van der Waals surface area contributed by atoms with Gasteiger partial charge in [0.05, 0.1) is 13.1 Å². The molecule has 2 N–H and O–H groups in total. The fourth-order valence-corrected chi connectivity index (χ4v) is 2.86. The van der Waals surface area contributed by atoms with Gasteiger partial charge in [0.2, 0.25) is 11.8 Å². The van der Waals surface area contributed by atoms with E-state index in [1.165, 1.54) is 0 Å². The topological polar surface area (TPSA) is 81.8 Å². The molecule has 7 nitrogen and oxygen atoms in total. The largest absolute Gasteiger partial charge is 0.340 e. The molecule has 0 atom stereocenters. The van der Waals surface area contributed by atoms with Crippen molar-refractivity contribution in [3.8, 4) is 0 Å². The van der Waals surface area contributed by atoms with Crippen molar-refractivity contribution in [1.82, 2.24) is 20.4 Å². The predicted octanol–water partition coefficient (Wildman–Crippen LogP) is 0.238. The number of rotatable bonds is 4. The molecular formula is C14H20N4O3S. The molecule has 120 valence electrons. The van der Waals surface area contributed by atoms with Crippen molar-refractivity contribution in [2.75, 3.05) is 32.7 Å². The summed E-state index contributed by atoms with van der Waals surface area (Å²) >= 11 is 1.55. The number of amides is 4. The molecule has 22 heavy (non-hydrogen) atoms. The average molecular weight is 324 g/mol. The first-order chi connectivity index (χ1) is 10.5. The van der Waals surface area contributed by atoms with E-state index in [2.05, 4.69) is 10.6 Å². The number of carbonyl (C=O) groups excluding carboxylic acids is 3. The summed E-state index contributed by atoms with van der Waals surface area (Å²) in [5.41, 5.74) is 0. The van der Waals surface area contributed by atoms with Crippen LogP contribution in [-0.4, -0.2) is 60.4 Å². The molecule has 0 bridgehead atoms. The Morgan fingerprint density at radius 1 is 1.23 bits per heavy atom. The molecule has 2 rings (SSSR count). The average Bonchev–Trinajstić information content (AvgIpc) is 2.99. The summed E-state index contributed by atoms with van der Waals surface area (Å²) in [6.07, 6.45) is 0. The fraction of sp³-hybridized carbons (Fsp3) is 0.500. The van der Waals surface area contributed by atoms with Crippen LogP contribution in [0.5, 0.6) is 0 Å². The highest BCUT2D eigenvalue weighted by molar-refractivity contribution is 7.09. The van der Waals surface area contributed by atoms with Gasteiger partial charge in [-0.05, 0) is 11.4 Å². The first-order valence-electron chi connectivity index (χ1n) is 7.12. The summed E-state index contributed by atoms with van der Waals surface area (Å²) in [5.74, 6) is -0.281. The molecule has 1 aromatic heterocycles. The molecule has 4 amide bonds. The second-order valence-electron chi connectivity index (χ2n) is 5.09. The van der Waals surface area contributed by atoms with Gasteiger partial charge in [-0.3, -0.25) is 19.8 Å². The molecule has 0 unspecified atom stereocenters. The third kappa shape index (κ3) is 5.12. The van der Waals surface area contributed by atoms with Gasteiger partial charge in [-0.25, -0.2) is 4.79 Å². The SMILES string of the molecule is CC(=O)N1CCN(CC(=O)NC(=O)NCc2cccs2)CC1. The van der Waals surface area contributed by atoms with E-state index in [1.54, 1.807) is 23.2 Å². The van der Waals surface area contributed by atoms with Gasteiger partial charge in [0.25, 0.3) is 0 Å². The molecule has 0 aliphatic carbocycles. The molecule has 1 saturated heterocycles. The highest BCUT2D eigenvalue weighted by Crippen LogP contribution is 2.07. The van der Waals surface area contributed by atoms with Crippen LogP contribution in [-0.2, 0) is 16.1 Å². The number of carbonyl (C=O) groups is 3. The lowest BCUT2D eigenvalue weighted by molar-refractivity contribution is -0.130. The summed E-state index contributed by atoms with van der Waals surface area (Å²) in [6, 6.07) is 3.34. The zero-order valence-electron chi connectivity index (χ0n) is 12.5. The van der Waals surface area contributed by atoms with E-state index in [0.717, 1.165) is 4.88 Å². The van der Waals surface area contributed by atoms with Gasteiger partial charge in [0, 0.05) is 38.0 Å². The van der Waals surface area contributed by atoms with Crippen LogP contribution in [0, 0.1) is 0 Å². The highest BCUT2D eigenvalue weighted by atomic mass is 32.1. The van der Waals surface area contributed by atoms with Gasteiger partial charge in [-0.2, -0.15) is 0 Å². The van der Waals surface area contributed by atoms with E-state index in [-0.39, 0.29) is 18.4 Å². The summed E-state index contributed by atoms with van der Waals surface area (Å²) < 4.78 is 0. The number of thiophene rings is 1. The summed E-state index contributed by atoms with van der Waals surface area (Å²) in [7, 11) is 0. The van der Waals surface area contributed by atoms with Gasteiger partial charge < -0.3 is 10.2 Å². The number of urea groups is 1. The molecule has 0 radical (unpaired) electrons. The summed E-state index contributed by atoms with van der Waals surface area (Å²) in [4.78, 5) is 39.4. The van der Waals surface area contributed by atoms with Crippen LogP contribution >= 0.6 is 11.3 Å². The molecule has 0 spiro atoms. The van der Waals surface area contributed by atoms with E-state index < -0.39 is 6.03 Å². The summed E-state index contributed by atoms with van der Waals surface area (Å²) in [6.45, 7) is 4.64. The van der Waals surface area contributed by atoms with Crippen molar-refractivity contribution in [2.45, 2.75) is 13.5 Å². The maximum Gasteiger partial charge on any atom is 0.321 e. The number of piperazine rings is 1. The smallest absolute Gasteiger partial charge is 0.321 e. The van der Waals surface area contributed by atoms with Crippen molar-refractivity contribution in [1.29, 1.82) is 0 Å². The Kier molecular flexibility index (Phi) is 5.91. The minimum Gasteiger partial charge on any atom is -0.340 e. The van der Waals surface area contributed by atoms with Crippen LogP contribution < -0.4 is 10.6 Å². The molecule has 2 heterocycles.